The molecule has 8 nitrogen and oxygen atoms in total. The summed E-state index contributed by atoms with van der Waals surface area (Å²) in [6, 6.07) is 8.34. The molecule has 0 spiro atoms. The number of rotatable bonds is 6. The summed E-state index contributed by atoms with van der Waals surface area (Å²) < 4.78 is 45.7. The van der Waals surface area contributed by atoms with Crippen LogP contribution in [0.25, 0.3) is 5.69 Å². The van der Waals surface area contributed by atoms with E-state index in [9.17, 15) is 22.8 Å². The van der Waals surface area contributed by atoms with Crippen molar-refractivity contribution in [2.45, 2.75) is 25.6 Å². The first kappa shape index (κ1) is 24.2. The Morgan fingerprint density at radius 2 is 1.94 bits per heavy atom. The van der Waals surface area contributed by atoms with Crippen LogP contribution >= 0.6 is 0 Å². The summed E-state index contributed by atoms with van der Waals surface area (Å²) >= 11 is 0. The number of piperidine rings is 1. The second-order valence-corrected chi connectivity index (χ2v) is 8.18. The zero-order valence-electron chi connectivity index (χ0n) is 19.0. The minimum atomic E-state index is -4.50. The van der Waals surface area contributed by atoms with E-state index in [2.05, 4.69) is 15.4 Å². The van der Waals surface area contributed by atoms with Crippen LogP contribution in [-0.2, 0) is 17.5 Å². The van der Waals surface area contributed by atoms with E-state index in [-0.39, 0.29) is 29.0 Å². The Labute approximate surface area is 199 Å². The summed E-state index contributed by atoms with van der Waals surface area (Å²) in [5, 5.41) is 7.12. The van der Waals surface area contributed by atoms with Crippen molar-refractivity contribution in [3.8, 4) is 11.4 Å². The number of carbonyl (C=O) groups excluding carboxylic acids is 2. The summed E-state index contributed by atoms with van der Waals surface area (Å²) in [6.07, 6.45) is 1.20. The molecular weight excluding hydrogens is 463 g/mol. The quantitative estimate of drug-likeness (QED) is 0.575. The minimum Gasteiger partial charge on any atom is -0.493 e. The molecule has 1 N–H and O–H groups in total. The van der Waals surface area contributed by atoms with E-state index in [0.29, 0.717) is 32.5 Å². The van der Waals surface area contributed by atoms with E-state index in [1.807, 2.05) is 6.07 Å². The number of benzene rings is 1. The van der Waals surface area contributed by atoms with Gasteiger partial charge in [-0.25, -0.2) is 4.68 Å². The zero-order chi connectivity index (χ0) is 25.0. The van der Waals surface area contributed by atoms with Crippen LogP contribution < -0.4 is 10.1 Å². The van der Waals surface area contributed by atoms with E-state index < -0.39 is 17.6 Å². The third-order valence-electron chi connectivity index (χ3n) is 5.88. The molecule has 35 heavy (non-hydrogen) atoms. The molecule has 1 fully saturated rings. The maximum Gasteiger partial charge on any atom is 0.416 e. The first-order chi connectivity index (χ1) is 16.8. The summed E-state index contributed by atoms with van der Waals surface area (Å²) in [5.41, 5.74) is 0.240. The fourth-order valence-corrected chi connectivity index (χ4v) is 3.94. The van der Waals surface area contributed by atoms with Crippen molar-refractivity contribution in [1.82, 2.24) is 25.0 Å². The normalized spacial score (nSPS) is 14.6. The van der Waals surface area contributed by atoms with Gasteiger partial charge in [-0.3, -0.25) is 14.6 Å². The second kappa shape index (κ2) is 10.2. The van der Waals surface area contributed by atoms with Crippen molar-refractivity contribution in [3.05, 3.63) is 71.8 Å². The molecule has 0 radical (unpaired) electrons. The van der Waals surface area contributed by atoms with Crippen molar-refractivity contribution in [2.24, 2.45) is 5.92 Å². The summed E-state index contributed by atoms with van der Waals surface area (Å²) in [5.74, 6) is -0.543. The van der Waals surface area contributed by atoms with Crippen molar-refractivity contribution < 1.29 is 27.5 Å². The van der Waals surface area contributed by atoms with Gasteiger partial charge in [-0.15, -0.1) is 0 Å². The Morgan fingerprint density at radius 1 is 1.17 bits per heavy atom. The Hall–Kier alpha value is -3.89. The van der Waals surface area contributed by atoms with Gasteiger partial charge >= 0.3 is 6.18 Å². The summed E-state index contributed by atoms with van der Waals surface area (Å²) in [6.45, 7) is 1.09. The SMILES string of the molecule is COc1cn(-c2cccc(C(F)(F)F)c2)nc1C(=O)N1CCC(C(=O)NCc2cccnc2)CC1. The molecule has 11 heteroatoms. The molecule has 184 valence electrons. The first-order valence-corrected chi connectivity index (χ1v) is 11.0. The number of amides is 2. The summed E-state index contributed by atoms with van der Waals surface area (Å²) in [4.78, 5) is 31.2. The molecule has 0 aliphatic carbocycles. The molecule has 3 heterocycles. The van der Waals surface area contributed by atoms with Gasteiger partial charge in [0, 0.05) is 37.9 Å². The number of likely N-dealkylation sites (tertiary alicyclic amines) is 1. The predicted molar refractivity (Wildman–Crippen MR) is 120 cm³/mol. The lowest BCUT2D eigenvalue weighted by atomic mass is 9.95. The highest BCUT2D eigenvalue weighted by atomic mass is 19.4. The molecular formula is C24H24F3N5O3. The van der Waals surface area contributed by atoms with Crippen LogP contribution in [0.2, 0.25) is 0 Å². The number of hydrogen-bond acceptors (Lipinski definition) is 5. The topological polar surface area (TPSA) is 89.4 Å². The Kier molecular flexibility index (Phi) is 7.04. The number of nitrogens with zero attached hydrogens (tertiary/aromatic N) is 4. The van der Waals surface area contributed by atoms with E-state index in [1.54, 1.807) is 23.4 Å². The molecule has 0 saturated carbocycles. The number of nitrogens with one attached hydrogen (secondary N) is 1. The molecule has 0 atom stereocenters. The van der Waals surface area contributed by atoms with Gasteiger partial charge in [0.25, 0.3) is 5.91 Å². The fourth-order valence-electron chi connectivity index (χ4n) is 3.94. The third-order valence-corrected chi connectivity index (χ3v) is 5.88. The van der Waals surface area contributed by atoms with E-state index in [4.69, 9.17) is 4.74 Å². The molecule has 4 rings (SSSR count). The zero-order valence-corrected chi connectivity index (χ0v) is 19.0. The molecule has 1 saturated heterocycles. The number of aromatic nitrogens is 3. The molecule has 1 aliphatic rings. The Bertz CT molecular complexity index is 1190. The minimum absolute atomic E-state index is 0.00407. The van der Waals surface area contributed by atoms with Crippen LogP contribution in [0.1, 0.15) is 34.5 Å². The van der Waals surface area contributed by atoms with Gasteiger partial charge < -0.3 is 15.0 Å². The number of carbonyl (C=O) groups is 2. The average molecular weight is 487 g/mol. The van der Waals surface area contributed by atoms with Crippen LogP contribution in [-0.4, -0.2) is 51.7 Å². The first-order valence-electron chi connectivity index (χ1n) is 11.0. The van der Waals surface area contributed by atoms with Gasteiger partial charge in [-0.2, -0.15) is 18.3 Å². The van der Waals surface area contributed by atoms with Gasteiger partial charge in [0.1, 0.15) is 0 Å². The number of ether oxygens (including phenoxy) is 1. The Balaban J connectivity index is 1.40. The van der Waals surface area contributed by atoms with E-state index in [0.717, 1.165) is 17.7 Å². The van der Waals surface area contributed by atoms with Crippen LogP contribution in [0, 0.1) is 5.92 Å². The lowest BCUT2D eigenvalue weighted by molar-refractivity contribution is -0.137. The molecule has 0 bridgehead atoms. The third kappa shape index (κ3) is 5.61. The van der Waals surface area contributed by atoms with Gasteiger partial charge in [0.05, 0.1) is 24.6 Å². The molecule has 1 aliphatic heterocycles. The lowest BCUT2D eigenvalue weighted by Gasteiger charge is -2.31. The maximum absolute atomic E-state index is 13.1. The van der Waals surface area contributed by atoms with Crippen LogP contribution in [0.4, 0.5) is 13.2 Å². The van der Waals surface area contributed by atoms with Gasteiger partial charge in [0.15, 0.2) is 11.4 Å². The molecule has 2 amide bonds. The van der Waals surface area contributed by atoms with Crippen molar-refractivity contribution in [1.29, 1.82) is 0 Å². The highest BCUT2D eigenvalue weighted by Crippen LogP contribution is 2.31. The number of alkyl halides is 3. The maximum atomic E-state index is 13.1. The number of halogens is 3. The summed E-state index contributed by atoms with van der Waals surface area (Å²) in [7, 11) is 1.36. The fraction of sp³-hybridized carbons (Fsp3) is 0.333. The van der Waals surface area contributed by atoms with Gasteiger partial charge in [-0.1, -0.05) is 12.1 Å². The van der Waals surface area contributed by atoms with Crippen molar-refractivity contribution >= 4 is 11.8 Å². The molecule has 0 unspecified atom stereocenters. The van der Waals surface area contributed by atoms with E-state index in [1.165, 1.54) is 30.1 Å². The standard InChI is InChI=1S/C24H24F3N5O3/c1-35-20-15-32(19-6-2-5-18(12-19)24(25,26)27)30-21(20)23(34)31-10-7-17(8-11-31)22(33)29-14-16-4-3-9-28-13-16/h2-6,9,12-13,15,17H,7-8,10-11,14H2,1H3,(H,29,33). The lowest BCUT2D eigenvalue weighted by Crippen LogP contribution is -2.43. The second-order valence-electron chi connectivity index (χ2n) is 8.18. The van der Waals surface area contributed by atoms with Crippen LogP contribution in [0.15, 0.2) is 55.0 Å². The molecule has 1 aromatic carbocycles. The van der Waals surface area contributed by atoms with Crippen molar-refractivity contribution in [2.75, 3.05) is 20.2 Å². The number of hydrogen-bond donors (Lipinski definition) is 1. The van der Waals surface area contributed by atoms with Crippen LogP contribution in [0.5, 0.6) is 5.75 Å². The van der Waals surface area contributed by atoms with Gasteiger partial charge in [-0.05, 0) is 42.7 Å². The molecule has 3 aromatic rings. The number of pyridine rings is 1. The highest BCUT2D eigenvalue weighted by molar-refractivity contribution is 5.95. The van der Waals surface area contributed by atoms with E-state index >= 15 is 0 Å². The monoisotopic (exact) mass is 487 g/mol. The number of methoxy groups -OCH3 is 1. The predicted octanol–water partition coefficient (Wildman–Crippen LogP) is 3.46. The largest absolute Gasteiger partial charge is 0.493 e. The smallest absolute Gasteiger partial charge is 0.416 e. The van der Waals surface area contributed by atoms with Crippen molar-refractivity contribution in [3.63, 3.8) is 0 Å². The highest BCUT2D eigenvalue weighted by Gasteiger charge is 2.32. The Morgan fingerprint density at radius 3 is 2.60 bits per heavy atom. The van der Waals surface area contributed by atoms with Crippen LogP contribution in [0.3, 0.4) is 0 Å². The average Bonchev–Trinajstić information content (AvgIpc) is 3.32. The molecule has 2 aromatic heterocycles. The van der Waals surface area contributed by atoms with Gasteiger partial charge in [0.2, 0.25) is 5.91 Å².